The van der Waals surface area contributed by atoms with Gasteiger partial charge in [-0.1, -0.05) is 20.4 Å². The van der Waals surface area contributed by atoms with Gasteiger partial charge >= 0.3 is 18.1 Å². The van der Waals surface area contributed by atoms with Crippen molar-refractivity contribution in [3.63, 3.8) is 0 Å². The molecule has 0 saturated carbocycles. The zero-order valence-corrected chi connectivity index (χ0v) is 15.1. The number of amides is 4. The highest BCUT2D eigenvalue weighted by molar-refractivity contribution is 9.10. The van der Waals surface area contributed by atoms with Gasteiger partial charge in [0.1, 0.15) is 0 Å². The van der Waals surface area contributed by atoms with E-state index in [4.69, 9.17) is 10.1 Å². The van der Waals surface area contributed by atoms with Crippen LogP contribution in [0.25, 0.3) is 0 Å². The maximum absolute atomic E-state index is 12.4. The van der Waals surface area contributed by atoms with E-state index in [-0.39, 0.29) is 0 Å². The second-order valence-corrected chi connectivity index (χ2v) is 6.45. The first kappa shape index (κ1) is 18.5. The number of quaternary nitrogens is 1. The molecule has 1 aromatic rings. The summed E-state index contributed by atoms with van der Waals surface area (Å²) >= 11 is 4.39. The van der Waals surface area contributed by atoms with Crippen molar-refractivity contribution in [2.24, 2.45) is 0 Å². The van der Waals surface area contributed by atoms with E-state index in [1.807, 2.05) is 24.3 Å². The summed E-state index contributed by atoms with van der Waals surface area (Å²) in [5.74, 6) is 0. The van der Waals surface area contributed by atoms with Gasteiger partial charge in [0.05, 0.1) is 14.2 Å². The number of imide groups is 1. The van der Waals surface area contributed by atoms with Gasteiger partial charge in [0.15, 0.2) is 0 Å². The molecule has 22 heavy (non-hydrogen) atoms. The number of hydrogen-bond donors (Lipinski definition) is 2. The number of carbonyl (C=O) groups excluding carboxylic acids is 2. The lowest BCUT2D eigenvalue weighted by atomic mass is 10.4. The highest BCUT2D eigenvalue weighted by atomic mass is 79.9. The Bertz CT molecular complexity index is 579. The average Bonchev–Trinajstić information content (AvgIpc) is 2.51. The van der Waals surface area contributed by atoms with E-state index in [9.17, 15) is 9.59 Å². The number of urea groups is 2. The third-order valence-corrected chi connectivity index (χ3v) is 4.15. The number of hydrogen-bond acceptors (Lipinski definition) is 5. The molecule has 120 valence electrons. The van der Waals surface area contributed by atoms with Crippen molar-refractivity contribution in [3.05, 3.63) is 28.7 Å². The van der Waals surface area contributed by atoms with Gasteiger partial charge in [-0.05, 0) is 36.2 Å². The van der Waals surface area contributed by atoms with Gasteiger partial charge in [0, 0.05) is 23.5 Å². The van der Waals surface area contributed by atoms with Crippen molar-refractivity contribution in [1.29, 1.82) is 5.41 Å². The summed E-state index contributed by atoms with van der Waals surface area (Å²) < 4.78 is 7.37. The van der Waals surface area contributed by atoms with Crippen molar-refractivity contribution in [3.8, 4) is 0 Å². The first-order valence-electron chi connectivity index (χ1n) is 6.18. The predicted octanol–water partition coefficient (Wildman–Crippen LogP) is 2.88. The maximum Gasteiger partial charge on any atom is 0.444 e. The van der Waals surface area contributed by atoms with Crippen molar-refractivity contribution >= 4 is 46.0 Å². The summed E-state index contributed by atoms with van der Waals surface area (Å²) in [5.41, 5.74) is 0. The summed E-state index contributed by atoms with van der Waals surface area (Å²) in [6, 6.07) is 5.59. The molecule has 0 aliphatic rings. The van der Waals surface area contributed by atoms with E-state index in [0.29, 0.717) is 0 Å². The van der Waals surface area contributed by atoms with Crippen molar-refractivity contribution in [2.45, 2.75) is 4.90 Å². The Balaban J connectivity index is 2.91. The second-order valence-electron chi connectivity index (χ2n) is 4.66. The Labute approximate surface area is 142 Å². The van der Waals surface area contributed by atoms with Gasteiger partial charge < -0.3 is 4.74 Å². The van der Waals surface area contributed by atoms with Crippen LogP contribution in [-0.4, -0.2) is 55.7 Å². The minimum Gasteiger partial charge on any atom is -0.439 e. The van der Waals surface area contributed by atoms with Gasteiger partial charge in [-0.25, -0.2) is 19.7 Å². The van der Waals surface area contributed by atoms with Gasteiger partial charge in [0.25, 0.3) is 0 Å². The van der Waals surface area contributed by atoms with Crippen molar-refractivity contribution < 1.29 is 18.8 Å². The molecule has 2 N–H and O–H groups in total. The second kappa shape index (κ2) is 7.61. The third kappa shape index (κ3) is 3.99. The van der Waals surface area contributed by atoms with Crippen LogP contribution in [0.5, 0.6) is 0 Å². The summed E-state index contributed by atoms with van der Waals surface area (Å²) in [5, 5.41) is 7.78. The fourth-order valence-electron chi connectivity index (χ4n) is 1.55. The molecule has 0 radical (unpaired) electrons. The fourth-order valence-corrected chi connectivity index (χ4v) is 2.47. The van der Waals surface area contributed by atoms with Crippen LogP contribution < -0.4 is 4.72 Å². The van der Waals surface area contributed by atoms with E-state index in [2.05, 4.69) is 20.7 Å². The van der Waals surface area contributed by atoms with Crippen LogP contribution >= 0.6 is 27.9 Å². The maximum atomic E-state index is 12.4. The third-order valence-electron chi connectivity index (χ3n) is 2.84. The molecule has 1 unspecified atom stereocenters. The van der Waals surface area contributed by atoms with E-state index in [1.165, 1.54) is 33.2 Å². The number of rotatable bonds is 2. The van der Waals surface area contributed by atoms with Crippen LogP contribution in [0.2, 0.25) is 0 Å². The summed E-state index contributed by atoms with van der Waals surface area (Å²) in [6.07, 6.45) is 0. The summed E-state index contributed by atoms with van der Waals surface area (Å²) in [7, 11) is 5.58. The minimum atomic E-state index is -0.937. The van der Waals surface area contributed by atoms with Crippen LogP contribution in [0.15, 0.2) is 33.6 Å². The zero-order valence-electron chi connectivity index (χ0n) is 12.7. The Morgan fingerprint density at radius 1 is 1.32 bits per heavy atom. The molecule has 0 heterocycles. The number of nitrogens with one attached hydrogen (secondary N) is 2. The van der Waals surface area contributed by atoms with Gasteiger partial charge in [-0.3, -0.25) is 4.90 Å². The monoisotopic (exact) mass is 389 g/mol. The first-order chi connectivity index (χ1) is 10.2. The van der Waals surface area contributed by atoms with Crippen LogP contribution in [-0.2, 0) is 4.74 Å². The Hall–Kier alpha value is -1.58. The topological polar surface area (TPSA) is 82.5 Å². The Morgan fingerprint density at radius 2 is 1.86 bits per heavy atom. The van der Waals surface area contributed by atoms with E-state index < -0.39 is 22.6 Å². The van der Waals surface area contributed by atoms with E-state index in [1.54, 1.807) is 0 Å². The summed E-state index contributed by atoms with van der Waals surface area (Å²) in [4.78, 5) is 26.7. The molecule has 1 atom stereocenters. The number of ether oxygens (including phenoxy) is 1. The first-order valence-corrected chi connectivity index (χ1v) is 7.78. The van der Waals surface area contributed by atoms with Gasteiger partial charge in [0.2, 0.25) is 0 Å². The van der Waals surface area contributed by atoms with E-state index >= 15 is 0 Å². The SMILES string of the molecule is COC(=N)[N+](C)(C(=O)NSc1ccc(Br)cc1)C(=O)N(C)C. The number of halogens is 1. The fraction of sp³-hybridized carbons (Fsp3) is 0.308. The number of amidine groups is 1. The molecule has 1 rings (SSSR count). The lowest BCUT2D eigenvalue weighted by Crippen LogP contribution is -2.63. The standard InChI is InChI=1S/C13H17BrN4O3S/c1-17(2)13(20)18(3,11(15)21-4)12(19)16-22-10-7-5-9(14)6-8-10/h5-8,15H,1-4H3/p+1. The molecule has 0 bridgehead atoms. The van der Waals surface area contributed by atoms with Crippen LogP contribution in [0.4, 0.5) is 9.59 Å². The number of carbonyl (C=O) groups is 2. The molecule has 9 heteroatoms. The smallest absolute Gasteiger partial charge is 0.439 e. The lowest BCUT2D eigenvalue weighted by molar-refractivity contribution is -0.662. The minimum absolute atomic E-state index is 0.465. The van der Waals surface area contributed by atoms with E-state index in [0.717, 1.165) is 21.3 Å². The summed E-state index contributed by atoms with van der Waals surface area (Å²) in [6.45, 7) is 0. The molecule has 4 amide bonds. The molecule has 0 saturated heterocycles. The van der Waals surface area contributed by atoms with Crippen LogP contribution in [0.1, 0.15) is 0 Å². The molecule has 1 aromatic carbocycles. The van der Waals surface area contributed by atoms with Gasteiger partial charge in [-0.15, -0.1) is 0 Å². The number of benzene rings is 1. The predicted molar refractivity (Wildman–Crippen MR) is 88.5 cm³/mol. The molecule has 0 aliphatic heterocycles. The molecule has 0 fully saturated rings. The zero-order chi connectivity index (χ0) is 16.9. The Kier molecular flexibility index (Phi) is 6.39. The molecular weight excluding hydrogens is 372 g/mol. The lowest BCUT2D eigenvalue weighted by Gasteiger charge is -2.28. The largest absolute Gasteiger partial charge is 0.444 e. The Morgan fingerprint density at radius 3 is 2.32 bits per heavy atom. The quantitative estimate of drug-likeness (QED) is 0.352. The molecule has 0 spiro atoms. The van der Waals surface area contributed by atoms with Gasteiger partial charge in [-0.2, -0.15) is 0 Å². The average molecular weight is 390 g/mol. The van der Waals surface area contributed by atoms with Crippen LogP contribution in [0.3, 0.4) is 0 Å². The molecule has 0 aliphatic carbocycles. The van der Waals surface area contributed by atoms with Crippen molar-refractivity contribution in [1.82, 2.24) is 9.62 Å². The molecule has 0 aromatic heterocycles. The normalized spacial score (nSPS) is 13.0. The van der Waals surface area contributed by atoms with Crippen molar-refractivity contribution in [2.75, 3.05) is 28.3 Å². The number of nitrogens with zero attached hydrogens (tertiary/aromatic N) is 2. The number of methoxy groups -OCH3 is 1. The molecular formula is C13H18BrN4O3S+. The highest BCUT2D eigenvalue weighted by Gasteiger charge is 2.48. The highest BCUT2D eigenvalue weighted by Crippen LogP contribution is 2.20. The molecule has 7 nitrogen and oxygen atoms in total. The van der Waals surface area contributed by atoms with Crippen LogP contribution in [0, 0.1) is 5.41 Å².